The van der Waals surface area contributed by atoms with Gasteiger partial charge in [0.15, 0.2) is 0 Å². The third-order valence-electron chi connectivity index (χ3n) is 2.28. The molecule has 94 valence electrons. The van der Waals surface area contributed by atoms with Gasteiger partial charge in [-0.05, 0) is 24.2 Å². The third kappa shape index (κ3) is 5.36. The van der Waals surface area contributed by atoms with E-state index in [1.54, 1.807) is 0 Å². The number of methoxy groups -OCH3 is 1. The molecule has 0 spiro atoms. The maximum absolute atomic E-state index is 10.9. The van der Waals surface area contributed by atoms with E-state index >= 15 is 0 Å². The van der Waals surface area contributed by atoms with Crippen molar-refractivity contribution in [3.63, 3.8) is 0 Å². The van der Waals surface area contributed by atoms with Crippen molar-refractivity contribution in [2.75, 3.05) is 20.3 Å². The quantitative estimate of drug-likeness (QED) is 0.734. The van der Waals surface area contributed by atoms with Crippen molar-refractivity contribution >= 4 is 5.97 Å². The number of carbonyl (C=O) groups excluding carboxylic acids is 1. The fourth-order valence-electron chi connectivity index (χ4n) is 1.37. The van der Waals surface area contributed by atoms with Gasteiger partial charge in [-0.25, -0.2) is 0 Å². The van der Waals surface area contributed by atoms with Gasteiger partial charge in [0.05, 0.1) is 20.1 Å². The molecule has 0 aliphatic rings. The van der Waals surface area contributed by atoms with E-state index in [2.05, 4.69) is 17.0 Å². The zero-order valence-electron chi connectivity index (χ0n) is 10.4. The predicted octanol–water partition coefficient (Wildman–Crippen LogP) is 1.74. The molecule has 1 aromatic rings. The van der Waals surface area contributed by atoms with Gasteiger partial charge in [-0.1, -0.05) is 19.1 Å². The fraction of sp³-hybridized carbons (Fsp3) is 0.462. The molecule has 0 unspecified atom stereocenters. The number of hydrogen-bond acceptors (Lipinski definition) is 4. The van der Waals surface area contributed by atoms with Crippen LogP contribution in [0.3, 0.4) is 0 Å². The number of ether oxygens (including phenoxy) is 2. The monoisotopic (exact) mass is 237 g/mol. The Morgan fingerprint density at radius 3 is 2.94 bits per heavy atom. The van der Waals surface area contributed by atoms with Crippen molar-refractivity contribution in [3.8, 4) is 5.75 Å². The molecule has 0 saturated carbocycles. The number of nitrogens with one attached hydrogen (secondary N) is 1. The highest BCUT2D eigenvalue weighted by molar-refractivity contribution is 5.69. The van der Waals surface area contributed by atoms with Crippen molar-refractivity contribution in [1.82, 2.24) is 5.32 Å². The zero-order chi connectivity index (χ0) is 12.5. The average Bonchev–Trinajstić information content (AvgIpc) is 2.36. The van der Waals surface area contributed by atoms with Gasteiger partial charge in [-0.15, -0.1) is 0 Å². The average molecular weight is 237 g/mol. The van der Waals surface area contributed by atoms with Crippen molar-refractivity contribution in [1.29, 1.82) is 0 Å². The molecule has 0 aliphatic carbocycles. The highest BCUT2D eigenvalue weighted by atomic mass is 16.5. The molecule has 0 radical (unpaired) electrons. The summed E-state index contributed by atoms with van der Waals surface area (Å²) in [6, 6.07) is 7.84. The van der Waals surface area contributed by atoms with Gasteiger partial charge in [0.2, 0.25) is 0 Å². The molecule has 0 fully saturated rings. The SMILES string of the molecule is CCNCc1cccc(OCCC(=O)OC)c1. The lowest BCUT2D eigenvalue weighted by atomic mass is 10.2. The number of benzene rings is 1. The van der Waals surface area contributed by atoms with Crippen molar-refractivity contribution < 1.29 is 14.3 Å². The molecule has 0 saturated heterocycles. The lowest BCUT2D eigenvalue weighted by molar-refractivity contribution is -0.141. The Morgan fingerprint density at radius 1 is 1.41 bits per heavy atom. The van der Waals surface area contributed by atoms with E-state index in [4.69, 9.17) is 4.74 Å². The molecule has 0 amide bonds. The predicted molar refractivity (Wildman–Crippen MR) is 66.0 cm³/mol. The number of carbonyl (C=O) groups is 1. The maximum Gasteiger partial charge on any atom is 0.308 e. The summed E-state index contributed by atoms with van der Waals surface area (Å²) in [7, 11) is 1.37. The molecule has 4 nitrogen and oxygen atoms in total. The molecule has 0 bridgehead atoms. The summed E-state index contributed by atoms with van der Waals surface area (Å²) in [5, 5.41) is 3.25. The van der Waals surface area contributed by atoms with Crippen LogP contribution < -0.4 is 10.1 Å². The van der Waals surface area contributed by atoms with Crippen LogP contribution in [0.5, 0.6) is 5.75 Å². The highest BCUT2D eigenvalue weighted by Crippen LogP contribution is 2.13. The first-order valence-electron chi connectivity index (χ1n) is 5.75. The van der Waals surface area contributed by atoms with Gasteiger partial charge < -0.3 is 14.8 Å². The molecular formula is C13H19NO3. The highest BCUT2D eigenvalue weighted by Gasteiger charge is 2.01. The summed E-state index contributed by atoms with van der Waals surface area (Å²) in [6.45, 7) is 4.17. The Bertz CT molecular complexity index is 352. The lowest BCUT2D eigenvalue weighted by Gasteiger charge is -2.07. The summed E-state index contributed by atoms with van der Waals surface area (Å²) in [5.74, 6) is 0.526. The second kappa shape index (κ2) is 7.68. The fourth-order valence-corrected chi connectivity index (χ4v) is 1.37. The minimum atomic E-state index is -0.256. The molecule has 1 rings (SSSR count). The van der Waals surface area contributed by atoms with E-state index in [9.17, 15) is 4.79 Å². The van der Waals surface area contributed by atoms with Gasteiger partial charge in [-0.2, -0.15) is 0 Å². The molecule has 0 atom stereocenters. The summed E-state index contributed by atoms with van der Waals surface area (Å²) in [6.07, 6.45) is 0.272. The van der Waals surface area contributed by atoms with Crippen LogP contribution in [0.15, 0.2) is 24.3 Å². The first-order chi connectivity index (χ1) is 8.26. The molecular weight excluding hydrogens is 218 g/mol. The number of esters is 1. The Morgan fingerprint density at radius 2 is 2.24 bits per heavy atom. The van der Waals surface area contributed by atoms with Crippen molar-refractivity contribution in [2.45, 2.75) is 19.9 Å². The van der Waals surface area contributed by atoms with E-state index in [1.807, 2.05) is 24.3 Å². The number of hydrogen-bond donors (Lipinski definition) is 1. The minimum absolute atomic E-state index is 0.256. The van der Waals surface area contributed by atoms with Gasteiger partial charge in [0, 0.05) is 6.54 Å². The maximum atomic E-state index is 10.9. The molecule has 0 heterocycles. The van der Waals surface area contributed by atoms with Crippen LogP contribution in [0.1, 0.15) is 18.9 Å². The number of rotatable bonds is 7. The third-order valence-corrected chi connectivity index (χ3v) is 2.28. The van der Waals surface area contributed by atoms with Crippen LogP contribution in [0.2, 0.25) is 0 Å². The van der Waals surface area contributed by atoms with Crippen molar-refractivity contribution in [3.05, 3.63) is 29.8 Å². The first-order valence-corrected chi connectivity index (χ1v) is 5.75. The summed E-state index contributed by atoms with van der Waals surface area (Å²) in [4.78, 5) is 10.9. The van der Waals surface area contributed by atoms with Gasteiger partial charge in [0.1, 0.15) is 5.75 Å². The van der Waals surface area contributed by atoms with E-state index in [0.717, 1.165) is 18.8 Å². The van der Waals surface area contributed by atoms with E-state index in [0.29, 0.717) is 6.61 Å². The Labute approximate surface area is 102 Å². The van der Waals surface area contributed by atoms with Crippen LogP contribution in [0, 0.1) is 0 Å². The molecule has 1 N–H and O–H groups in total. The van der Waals surface area contributed by atoms with E-state index in [-0.39, 0.29) is 12.4 Å². The second-order valence-electron chi connectivity index (χ2n) is 3.60. The summed E-state index contributed by atoms with van der Waals surface area (Å²) < 4.78 is 10.0. The van der Waals surface area contributed by atoms with E-state index < -0.39 is 0 Å². The standard InChI is InChI=1S/C13H19NO3/c1-3-14-10-11-5-4-6-12(9-11)17-8-7-13(15)16-2/h4-6,9,14H,3,7-8,10H2,1-2H3. The molecule has 0 aliphatic heterocycles. The Hall–Kier alpha value is -1.55. The Balaban J connectivity index is 2.40. The molecule has 1 aromatic carbocycles. The first kappa shape index (κ1) is 13.5. The molecule has 4 heteroatoms. The van der Waals surface area contributed by atoms with Crippen LogP contribution >= 0.6 is 0 Å². The smallest absolute Gasteiger partial charge is 0.308 e. The summed E-state index contributed by atoms with van der Waals surface area (Å²) >= 11 is 0. The van der Waals surface area contributed by atoms with Crippen LogP contribution in [-0.2, 0) is 16.1 Å². The lowest BCUT2D eigenvalue weighted by Crippen LogP contribution is -2.12. The van der Waals surface area contributed by atoms with Gasteiger partial charge in [-0.3, -0.25) is 4.79 Å². The largest absolute Gasteiger partial charge is 0.493 e. The van der Waals surface area contributed by atoms with Crippen LogP contribution in [0.25, 0.3) is 0 Å². The van der Waals surface area contributed by atoms with Crippen LogP contribution in [0.4, 0.5) is 0 Å². The topological polar surface area (TPSA) is 47.6 Å². The Kier molecular flexibility index (Phi) is 6.10. The zero-order valence-corrected chi connectivity index (χ0v) is 10.4. The van der Waals surface area contributed by atoms with Crippen molar-refractivity contribution in [2.24, 2.45) is 0 Å². The second-order valence-corrected chi connectivity index (χ2v) is 3.60. The molecule has 0 aromatic heterocycles. The minimum Gasteiger partial charge on any atom is -0.493 e. The normalized spacial score (nSPS) is 10.0. The van der Waals surface area contributed by atoms with E-state index in [1.165, 1.54) is 12.7 Å². The summed E-state index contributed by atoms with van der Waals surface area (Å²) in [5.41, 5.74) is 1.17. The van der Waals surface area contributed by atoms with Crippen LogP contribution in [-0.4, -0.2) is 26.2 Å². The molecule has 17 heavy (non-hydrogen) atoms. The van der Waals surface area contributed by atoms with Gasteiger partial charge >= 0.3 is 5.97 Å². The van der Waals surface area contributed by atoms with Gasteiger partial charge in [0.25, 0.3) is 0 Å².